The summed E-state index contributed by atoms with van der Waals surface area (Å²) in [5, 5.41) is 13.8. The van der Waals surface area contributed by atoms with Gasteiger partial charge in [0.25, 0.3) is 5.69 Å². The third kappa shape index (κ3) is 5.07. The van der Waals surface area contributed by atoms with Crippen molar-refractivity contribution < 1.29 is 18.1 Å². The summed E-state index contributed by atoms with van der Waals surface area (Å²) >= 11 is 0. The first-order valence-corrected chi connectivity index (χ1v) is 6.28. The summed E-state index contributed by atoms with van der Waals surface area (Å²) in [7, 11) is 0. The zero-order valence-corrected chi connectivity index (χ0v) is 11.3. The molecule has 1 unspecified atom stereocenters. The van der Waals surface area contributed by atoms with Crippen LogP contribution in [-0.4, -0.2) is 17.1 Å². The van der Waals surface area contributed by atoms with Gasteiger partial charge in [0.2, 0.25) is 0 Å². The lowest BCUT2D eigenvalue weighted by atomic mass is 10.1. The van der Waals surface area contributed by atoms with Crippen LogP contribution in [-0.2, 0) is 0 Å². The maximum Gasteiger partial charge on any atom is 0.389 e. The van der Waals surface area contributed by atoms with Crippen molar-refractivity contribution >= 4 is 11.4 Å². The van der Waals surface area contributed by atoms with Crippen LogP contribution in [0.4, 0.5) is 24.5 Å². The molecule has 4 nitrogen and oxygen atoms in total. The largest absolute Gasteiger partial charge is 0.389 e. The molecule has 1 aromatic carbocycles. The highest BCUT2D eigenvalue weighted by atomic mass is 19.4. The Morgan fingerprint density at radius 1 is 1.40 bits per heavy atom. The van der Waals surface area contributed by atoms with Gasteiger partial charge in [-0.25, -0.2) is 0 Å². The number of halogens is 3. The molecule has 0 aliphatic carbocycles. The van der Waals surface area contributed by atoms with Crippen LogP contribution in [0.25, 0.3) is 0 Å². The summed E-state index contributed by atoms with van der Waals surface area (Å²) in [5.41, 5.74) is 1.07. The third-order valence-corrected chi connectivity index (χ3v) is 3.00. The predicted molar refractivity (Wildman–Crippen MR) is 70.8 cm³/mol. The number of hydrogen-bond donors (Lipinski definition) is 1. The summed E-state index contributed by atoms with van der Waals surface area (Å²) in [4.78, 5) is 10.3. The van der Waals surface area contributed by atoms with Crippen molar-refractivity contribution in [2.45, 2.75) is 45.3 Å². The Bertz CT molecular complexity index is 475. The van der Waals surface area contributed by atoms with E-state index in [1.807, 2.05) is 0 Å². The SMILES string of the molecule is Cc1c(NC(C)CCCC(F)(F)F)cccc1[N+](=O)[O-]. The third-order valence-electron chi connectivity index (χ3n) is 3.00. The molecule has 0 aliphatic rings. The Kier molecular flexibility index (Phi) is 5.35. The van der Waals surface area contributed by atoms with E-state index in [9.17, 15) is 23.3 Å². The van der Waals surface area contributed by atoms with Gasteiger partial charge in [0, 0.05) is 29.8 Å². The number of nitro benzene ring substituents is 1. The first kappa shape index (κ1) is 16.3. The summed E-state index contributed by atoms with van der Waals surface area (Å²) < 4.78 is 36.1. The van der Waals surface area contributed by atoms with E-state index in [0.29, 0.717) is 17.7 Å². The first-order chi connectivity index (χ1) is 9.20. The van der Waals surface area contributed by atoms with E-state index in [2.05, 4.69) is 5.32 Å². The summed E-state index contributed by atoms with van der Waals surface area (Å²) in [6, 6.07) is 4.45. The fraction of sp³-hybridized carbons (Fsp3) is 0.538. The van der Waals surface area contributed by atoms with Gasteiger partial charge in [0.1, 0.15) is 0 Å². The molecule has 0 radical (unpaired) electrons. The number of hydrogen-bond acceptors (Lipinski definition) is 3. The van der Waals surface area contributed by atoms with Crippen LogP contribution in [0, 0.1) is 17.0 Å². The minimum Gasteiger partial charge on any atom is -0.382 e. The smallest absolute Gasteiger partial charge is 0.382 e. The molecule has 0 saturated heterocycles. The molecule has 0 heterocycles. The minimum atomic E-state index is -4.14. The van der Waals surface area contributed by atoms with E-state index in [1.165, 1.54) is 6.07 Å². The molecule has 0 aliphatic heterocycles. The van der Waals surface area contributed by atoms with Crippen LogP contribution in [0.15, 0.2) is 18.2 Å². The van der Waals surface area contributed by atoms with Crippen molar-refractivity contribution in [2.24, 2.45) is 0 Å². The van der Waals surface area contributed by atoms with Gasteiger partial charge in [0.15, 0.2) is 0 Å². The predicted octanol–water partition coefficient (Wildman–Crippen LogP) is 4.44. The highest BCUT2D eigenvalue weighted by Gasteiger charge is 2.26. The molecule has 7 heteroatoms. The number of anilines is 1. The molecular weight excluding hydrogens is 273 g/mol. The summed E-state index contributed by atoms with van der Waals surface area (Å²) in [6.45, 7) is 3.37. The molecule has 0 spiro atoms. The van der Waals surface area contributed by atoms with Crippen molar-refractivity contribution in [2.75, 3.05) is 5.32 Å². The van der Waals surface area contributed by atoms with Gasteiger partial charge >= 0.3 is 6.18 Å². The molecular formula is C13H17F3N2O2. The number of alkyl halides is 3. The van der Waals surface area contributed by atoms with Crippen molar-refractivity contribution in [3.8, 4) is 0 Å². The molecule has 0 amide bonds. The molecule has 112 valence electrons. The zero-order valence-electron chi connectivity index (χ0n) is 11.3. The van der Waals surface area contributed by atoms with E-state index in [4.69, 9.17) is 0 Å². The van der Waals surface area contributed by atoms with Crippen LogP contribution >= 0.6 is 0 Å². The van der Waals surface area contributed by atoms with Gasteiger partial charge in [-0.05, 0) is 32.8 Å². The van der Waals surface area contributed by atoms with E-state index in [-0.39, 0.29) is 18.2 Å². The average Bonchev–Trinajstić information content (AvgIpc) is 2.29. The summed E-state index contributed by atoms with van der Waals surface area (Å²) in [5.74, 6) is 0. The second kappa shape index (κ2) is 6.58. The van der Waals surface area contributed by atoms with Crippen molar-refractivity contribution in [1.29, 1.82) is 0 Å². The van der Waals surface area contributed by atoms with Gasteiger partial charge in [0.05, 0.1) is 4.92 Å². The number of benzene rings is 1. The van der Waals surface area contributed by atoms with Gasteiger partial charge in [-0.15, -0.1) is 0 Å². The van der Waals surface area contributed by atoms with Crippen molar-refractivity contribution in [3.05, 3.63) is 33.9 Å². The lowest BCUT2D eigenvalue weighted by Gasteiger charge is -2.17. The summed E-state index contributed by atoms with van der Waals surface area (Å²) in [6.07, 6.45) is -4.57. The monoisotopic (exact) mass is 290 g/mol. The van der Waals surface area contributed by atoms with Gasteiger partial charge in [-0.2, -0.15) is 13.2 Å². The minimum absolute atomic E-state index is 0.00232. The number of nitrogens with one attached hydrogen (secondary N) is 1. The quantitative estimate of drug-likeness (QED) is 0.622. The van der Waals surface area contributed by atoms with Gasteiger partial charge < -0.3 is 5.32 Å². The maximum absolute atomic E-state index is 12.0. The fourth-order valence-electron chi connectivity index (χ4n) is 1.92. The maximum atomic E-state index is 12.0. The first-order valence-electron chi connectivity index (χ1n) is 6.28. The second-order valence-electron chi connectivity index (χ2n) is 4.76. The number of nitrogens with zero attached hydrogens (tertiary/aromatic N) is 1. The van der Waals surface area contributed by atoms with E-state index in [1.54, 1.807) is 26.0 Å². The highest BCUT2D eigenvalue weighted by Crippen LogP contribution is 2.27. The van der Waals surface area contributed by atoms with Crippen molar-refractivity contribution in [1.82, 2.24) is 0 Å². The standard InChI is InChI=1S/C13H17F3N2O2/c1-9(5-4-8-13(14,15)16)17-11-6-3-7-12(10(11)2)18(19)20/h3,6-7,9,17H,4-5,8H2,1-2H3. The molecule has 20 heavy (non-hydrogen) atoms. The Balaban J connectivity index is 2.60. The van der Waals surface area contributed by atoms with Crippen LogP contribution < -0.4 is 5.32 Å². The highest BCUT2D eigenvalue weighted by molar-refractivity contribution is 5.60. The Morgan fingerprint density at radius 2 is 2.05 bits per heavy atom. The number of nitro groups is 1. The molecule has 0 fully saturated rings. The molecule has 1 N–H and O–H groups in total. The number of rotatable bonds is 6. The van der Waals surface area contributed by atoms with E-state index in [0.717, 1.165) is 0 Å². The Labute approximate surface area is 115 Å². The van der Waals surface area contributed by atoms with Gasteiger partial charge in [-0.1, -0.05) is 6.07 Å². The van der Waals surface area contributed by atoms with E-state index >= 15 is 0 Å². The van der Waals surface area contributed by atoms with Crippen LogP contribution in [0.3, 0.4) is 0 Å². The Morgan fingerprint density at radius 3 is 2.60 bits per heavy atom. The zero-order chi connectivity index (χ0) is 15.3. The fourth-order valence-corrected chi connectivity index (χ4v) is 1.92. The topological polar surface area (TPSA) is 55.2 Å². The van der Waals surface area contributed by atoms with Crippen molar-refractivity contribution in [3.63, 3.8) is 0 Å². The molecule has 1 atom stereocenters. The lowest BCUT2D eigenvalue weighted by molar-refractivity contribution is -0.385. The molecule has 0 bridgehead atoms. The lowest BCUT2D eigenvalue weighted by Crippen LogP contribution is -2.17. The van der Waals surface area contributed by atoms with E-state index < -0.39 is 17.5 Å². The molecule has 1 aromatic rings. The van der Waals surface area contributed by atoms with Crippen LogP contribution in [0.5, 0.6) is 0 Å². The molecule has 1 rings (SSSR count). The Hall–Kier alpha value is -1.79. The van der Waals surface area contributed by atoms with Crippen LogP contribution in [0.1, 0.15) is 31.7 Å². The van der Waals surface area contributed by atoms with Crippen LogP contribution in [0.2, 0.25) is 0 Å². The normalized spacial score (nSPS) is 13.1. The van der Waals surface area contributed by atoms with Gasteiger partial charge in [-0.3, -0.25) is 10.1 Å². The average molecular weight is 290 g/mol. The second-order valence-corrected chi connectivity index (χ2v) is 4.76. The molecule has 0 saturated carbocycles. The molecule has 0 aromatic heterocycles.